The van der Waals surface area contributed by atoms with Crippen molar-refractivity contribution in [2.75, 3.05) is 27.7 Å². The van der Waals surface area contributed by atoms with Gasteiger partial charge >= 0.3 is 51.4 Å². The van der Waals surface area contributed by atoms with E-state index in [-0.39, 0.29) is 63.4 Å². The second-order valence-corrected chi connectivity index (χ2v) is 2.82. The Hall–Kier alpha value is 1.03. The van der Waals surface area contributed by atoms with Crippen LogP contribution < -0.4 is 56.5 Å². The Balaban J connectivity index is -0.000000245. The molecule has 10 heavy (non-hydrogen) atoms. The third-order valence-electron chi connectivity index (χ3n) is 0.603. The van der Waals surface area contributed by atoms with Crippen molar-refractivity contribution in [1.82, 2.24) is 0 Å². The molecule has 0 atom stereocenters. The third kappa shape index (κ3) is 16.0. The molecule has 0 spiro atoms. The fourth-order valence-electron chi connectivity index (χ4n) is 0.387. The van der Waals surface area contributed by atoms with E-state index in [1.165, 1.54) is 0 Å². The van der Waals surface area contributed by atoms with E-state index in [2.05, 4.69) is 0 Å². The van der Waals surface area contributed by atoms with Gasteiger partial charge in [-0.15, -0.1) is 0 Å². The van der Waals surface area contributed by atoms with Gasteiger partial charge in [0.1, 0.15) is 6.54 Å². The Kier molecular flexibility index (Phi) is 11.6. The summed E-state index contributed by atoms with van der Waals surface area (Å²) in [5.41, 5.74) is 0. The summed E-state index contributed by atoms with van der Waals surface area (Å²) < 4.78 is 0.419. The van der Waals surface area contributed by atoms with Gasteiger partial charge in [0.25, 0.3) is 0 Å². The van der Waals surface area contributed by atoms with Gasteiger partial charge in [0.15, 0.2) is 0 Å². The Morgan fingerprint density at radius 2 is 1.70 bits per heavy atom. The van der Waals surface area contributed by atoms with Gasteiger partial charge in [0, 0.05) is 0 Å². The number of likely N-dealkylation sites (N-methyl/N-ethyl adjacent to an activating group) is 1. The summed E-state index contributed by atoms with van der Waals surface area (Å²) in [5.74, 6) is -1.00. The topological polar surface area (TPSA) is 70.1 Å². The molecule has 4 nitrogen and oxygen atoms in total. The van der Waals surface area contributed by atoms with E-state index in [0.29, 0.717) is 4.48 Å². The molecule has 0 amide bonds. The maximum atomic E-state index is 9.89. The van der Waals surface area contributed by atoms with Crippen LogP contribution in [-0.4, -0.2) is 43.6 Å². The number of aliphatic carboxylic acids is 1. The van der Waals surface area contributed by atoms with Crippen molar-refractivity contribution in [3.63, 3.8) is 0 Å². The fraction of sp³-hybridized carbons (Fsp3) is 0.800. The van der Waals surface area contributed by atoms with Gasteiger partial charge in [0.2, 0.25) is 0 Å². The number of quaternary nitrogens is 1. The van der Waals surface area contributed by atoms with Gasteiger partial charge in [-0.05, 0) is 0 Å². The van der Waals surface area contributed by atoms with Gasteiger partial charge in [-0.2, -0.15) is 0 Å². The Morgan fingerprint density at radius 3 is 1.70 bits per heavy atom. The number of hydrogen-bond donors (Lipinski definition) is 0. The second-order valence-electron chi connectivity index (χ2n) is 2.82. The molecule has 0 aromatic carbocycles. The van der Waals surface area contributed by atoms with Crippen LogP contribution >= 0.6 is 0 Å². The molecule has 0 aromatic heterocycles. The van der Waals surface area contributed by atoms with E-state index >= 15 is 0 Å². The molecule has 56 valence electrons. The number of carbonyl (C=O) groups excluding carboxylic acids is 1. The number of hydrogen-bond acceptors (Lipinski definition) is 3. The molecule has 0 saturated heterocycles. The summed E-state index contributed by atoms with van der Waals surface area (Å²) >= 11 is 0. The van der Waals surface area contributed by atoms with Gasteiger partial charge < -0.3 is 19.9 Å². The van der Waals surface area contributed by atoms with Crippen LogP contribution in [0.1, 0.15) is 0 Å². The number of carboxylic acids is 1. The first kappa shape index (κ1) is 17.2. The molecule has 0 saturated carbocycles. The quantitative estimate of drug-likeness (QED) is 0.311. The summed E-state index contributed by atoms with van der Waals surface area (Å²) in [5, 5.41) is 9.89. The second kappa shape index (κ2) is 6.72. The van der Waals surface area contributed by atoms with Crippen LogP contribution in [0.15, 0.2) is 0 Å². The summed E-state index contributed by atoms with van der Waals surface area (Å²) in [6, 6.07) is 0. The predicted octanol–water partition coefficient (Wildman–Crippen LogP) is -4.73. The van der Waals surface area contributed by atoms with Crippen LogP contribution in [-0.2, 0) is 4.79 Å². The molecular formula is C5H12KNO3. The summed E-state index contributed by atoms with van der Waals surface area (Å²) in [6.45, 7) is 0.0694. The number of carbonyl (C=O) groups is 1. The molecule has 0 aliphatic rings. The van der Waals surface area contributed by atoms with E-state index in [1.807, 2.05) is 0 Å². The maximum absolute atomic E-state index is 9.89. The summed E-state index contributed by atoms with van der Waals surface area (Å²) in [7, 11) is 5.40. The van der Waals surface area contributed by atoms with E-state index in [0.717, 1.165) is 0 Å². The minimum absolute atomic E-state index is 0. The maximum Gasteiger partial charge on any atom is 1.00 e. The predicted molar refractivity (Wildman–Crippen MR) is 29.8 cm³/mol. The van der Waals surface area contributed by atoms with E-state index < -0.39 is 5.97 Å². The van der Waals surface area contributed by atoms with Gasteiger partial charge in [-0.25, -0.2) is 0 Å². The van der Waals surface area contributed by atoms with Crippen LogP contribution in [0.3, 0.4) is 0 Å². The zero-order chi connectivity index (χ0) is 6.78. The molecule has 5 heteroatoms. The SMILES string of the molecule is C[N+](C)(C)CC(=O)[O-].[K+].[OH-]. The first-order valence-electron chi connectivity index (χ1n) is 2.42. The van der Waals surface area contributed by atoms with E-state index in [1.54, 1.807) is 21.1 Å². The minimum atomic E-state index is -1.00. The minimum Gasteiger partial charge on any atom is -0.870 e. The summed E-state index contributed by atoms with van der Waals surface area (Å²) in [6.07, 6.45) is 0. The van der Waals surface area contributed by atoms with Gasteiger partial charge in [0.05, 0.1) is 27.1 Å². The normalized spacial score (nSPS) is 9.10. The van der Waals surface area contributed by atoms with Gasteiger partial charge in [-0.3, -0.25) is 0 Å². The number of nitrogens with zero attached hydrogens (tertiary/aromatic N) is 1. The molecule has 0 rings (SSSR count). The van der Waals surface area contributed by atoms with Crippen molar-refractivity contribution in [3.05, 3.63) is 0 Å². The standard InChI is InChI=1S/C5H11NO2.K.H2O/c1-6(2,3)4-5(7)8;;/h4H2,1-3H3;;1H2/q;+1;/p-1. The molecule has 0 unspecified atom stereocenters. The van der Waals surface area contributed by atoms with Crippen LogP contribution in [0.2, 0.25) is 0 Å². The van der Waals surface area contributed by atoms with Crippen LogP contribution in [0.4, 0.5) is 0 Å². The first-order chi connectivity index (χ1) is 3.42. The number of rotatable bonds is 2. The Bertz CT molecular complexity index is 99.6. The summed E-state index contributed by atoms with van der Waals surface area (Å²) in [4.78, 5) is 9.89. The first-order valence-corrected chi connectivity index (χ1v) is 2.42. The fourth-order valence-corrected chi connectivity index (χ4v) is 0.387. The molecule has 0 radical (unpaired) electrons. The molecule has 0 heterocycles. The molecule has 0 bridgehead atoms. The van der Waals surface area contributed by atoms with Crippen molar-refractivity contribution in [2.24, 2.45) is 0 Å². The zero-order valence-electron chi connectivity index (χ0n) is 6.92. The Morgan fingerprint density at radius 1 is 1.40 bits per heavy atom. The van der Waals surface area contributed by atoms with Gasteiger partial charge in [-0.1, -0.05) is 0 Å². The average Bonchev–Trinajstić information content (AvgIpc) is 1.21. The van der Waals surface area contributed by atoms with Crippen LogP contribution in [0.25, 0.3) is 0 Å². The van der Waals surface area contributed by atoms with Crippen molar-refractivity contribution >= 4 is 5.97 Å². The third-order valence-corrected chi connectivity index (χ3v) is 0.603. The smallest absolute Gasteiger partial charge is 0.870 e. The van der Waals surface area contributed by atoms with Crippen LogP contribution in [0.5, 0.6) is 0 Å². The molecule has 1 N–H and O–H groups in total. The van der Waals surface area contributed by atoms with Crippen molar-refractivity contribution in [1.29, 1.82) is 0 Å². The van der Waals surface area contributed by atoms with E-state index in [4.69, 9.17) is 0 Å². The molecular weight excluding hydrogens is 161 g/mol. The van der Waals surface area contributed by atoms with Crippen molar-refractivity contribution < 1.29 is 71.2 Å². The van der Waals surface area contributed by atoms with E-state index in [9.17, 15) is 9.90 Å². The number of carboxylic acid groups (broad SMARTS) is 1. The molecule has 0 aliphatic carbocycles. The molecule has 0 aliphatic heterocycles. The average molecular weight is 173 g/mol. The van der Waals surface area contributed by atoms with Crippen LogP contribution in [0, 0.1) is 0 Å². The molecule has 0 aromatic rings. The van der Waals surface area contributed by atoms with Crippen molar-refractivity contribution in [3.8, 4) is 0 Å². The molecule has 0 fully saturated rings. The largest absolute Gasteiger partial charge is 1.00 e. The van der Waals surface area contributed by atoms with Crippen molar-refractivity contribution in [2.45, 2.75) is 0 Å². The zero-order valence-corrected chi connectivity index (χ0v) is 10.0. The Labute approximate surface area is 104 Å². The monoisotopic (exact) mass is 173 g/mol.